The van der Waals surface area contributed by atoms with Crippen LogP contribution in [0.15, 0.2) is 0 Å². The average molecular weight is 201 g/mol. The van der Waals surface area contributed by atoms with Crippen LogP contribution in [-0.2, 0) is 0 Å². The van der Waals surface area contributed by atoms with E-state index in [2.05, 4.69) is 4.90 Å². The standard InChI is InChI=1S/C9H19N3O2/c1-9(2,10)7-11-3-5-12(6-4-11)8(13)14/h3-7,10H2,1-2H3,(H,13,14). The SMILES string of the molecule is CC(C)(N)CN1CCN(C(=O)O)CC1. The second kappa shape index (κ2) is 4.14. The highest BCUT2D eigenvalue weighted by atomic mass is 16.4. The maximum atomic E-state index is 10.6. The number of nitrogens with two attached hydrogens (primary N) is 1. The molecule has 0 atom stereocenters. The summed E-state index contributed by atoms with van der Waals surface area (Å²) in [6, 6.07) is 0. The predicted octanol–water partition coefficient (Wildman–Crippen LogP) is 0.0193. The molecule has 1 saturated heterocycles. The van der Waals surface area contributed by atoms with Crippen LogP contribution in [0.4, 0.5) is 4.79 Å². The molecule has 0 bridgehead atoms. The van der Waals surface area contributed by atoms with Crippen molar-refractivity contribution in [2.24, 2.45) is 5.73 Å². The first kappa shape index (κ1) is 11.3. The fourth-order valence-corrected chi connectivity index (χ4v) is 1.67. The van der Waals surface area contributed by atoms with Crippen LogP contribution in [0.2, 0.25) is 0 Å². The Kier molecular flexibility index (Phi) is 3.34. The summed E-state index contributed by atoms with van der Waals surface area (Å²) in [5.41, 5.74) is 5.69. The van der Waals surface area contributed by atoms with Gasteiger partial charge in [0.15, 0.2) is 0 Å². The van der Waals surface area contributed by atoms with Crippen molar-refractivity contribution in [3.8, 4) is 0 Å². The van der Waals surface area contributed by atoms with Crippen molar-refractivity contribution in [3.05, 3.63) is 0 Å². The first-order valence-corrected chi connectivity index (χ1v) is 4.87. The highest BCUT2D eigenvalue weighted by Gasteiger charge is 2.23. The van der Waals surface area contributed by atoms with Gasteiger partial charge in [-0.2, -0.15) is 0 Å². The number of rotatable bonds is 2. The molecule has 0 unspecified atom stereocenters. The molecule has 5 heteroatoms. The Morgan fingerprint density at radius 1 is 1.36 bits per heavy atom. The summed E-state index contributed by atoms with van der Waals surface area (Å²) in [4.78, 5) is 14.3. The van der Waals surface area contributed by atoms with Crippen LogP contribution in [0.3, 0.4) is 0 Å². The van der Waals surface area contributed by atoms with Crippen molar-refractivity contribution in [1.29, 1.82) is 0 Å². The summed E-state index contributed by atoms with van der Waals surface area (Å²) >= 11 is 0. The number of hydrogen-bond donors (Lipinski definition) is 2. The third kappa shape index (κ3) is 3.51. The molecule has 1 fully saturated rings. The quantitative estimate of drug-likeness (QED) is 0.660. The Morgan fingerprint density at radius 2 is 1.86 bits per heavy atom. The lowest BCUT2D eigenvalue weighted by Crippen LogP contribution is -2.53. The van der Waals surface area contributed by atoms with Gasteiger partial charge < -0.3 is 15.7 Å². The molecule has 0 saturated carbocycles. The highest BCUT2D eigenvalue weighted by Crippen LogP contribution is 2.06. The summed E-state index contributed by atoms with van der Waals surface area (Å²) in [5.74, 6) is 0. The predicted molar refractivity (Wildman–Crippen MR) is 54.3 cm³/mol. The zero-order valence-electron chi connectivity index (χ0n) is 8.86. The molecule has 1 heterocycles. The van der Waals surface area contributed by atoms with Gasteiger partial charge in [0.05, 0.1) is 0 Å². The van der Waals surface area contributed by atoms with E-state index in [9.17, 15) is 4.79 Å². The van der Waals surface area contributed by atoms with Crippen LogP contribution in [0.25, 0.3) is 0 Å². The Hall–Kier alpha value is -0.810. The van der Waals surface area contributed by atoms with Crippen molar-refractivity contribution in [1.82, 2.24) is 9.80 Å². The molecule has 1 amide bonds. The van der Waals surface area contributed by atoms with E-state index in [1.807, 2.05) is 13.8 Å². The Labute approximate surface area is 84.5 Å². The van der Waals surface area contributed by atoms with Gasteiger partial charge in [-0.05, 0) is 13.8 Å². The molecule has 0 aromatic heterocycles. The fourth-order valence-electron chi connectivity index (χ4n) is 1.67. The largest absolute Gasteiger partial charge is 0.465 e. The summed E-state index contributed by atoms with van der Waals surface area (Å²) in [5, 5.41) is 8.74. The summed E-state index contributed by atoms with van der Waals surface area (Å²) in [6.07, 6.45) is -0.823. The lowest BCUT2D eigenvalue weighted by atomic mass is 10.1. The number of carbonyl (C=O) groups is 1. The maximum absolute atomic E-state index is 10.6. The third-order valence-corrected chi connectivity index (χ3v) is 2.27. The number of nitrogens with zero attached hydrogens (tertiary/aromatic N) is 2. The van der Waals surface area contributed by atoms with Crippen LogP contribution >= 0.6 is 0 Å². The van der Waals surface area contributed by atoms with Gasteiger partial charge in [0, 0.05) is 38.3 Å². The molecule has 0 aromatic rings. The monoisotopic (exact) mass is 201 g/mol. The molecule has 1 rings (SSSR count). The molecule has 3 N–H and O–H groups in total. The van der Waals surface area contributed by atoms with Crippen LogP contribution in [0.1, 0.15) is 13.8 Å². The van der Waals surface area contributed by atoms with Crippen molar-refractivity contribution in [2.75, 3.05) is 32.7 Å². The minimum atomic E-state index is -0.823. The van der Waals surface area contributed by atoms with Gasteiger partial charge in [0.2, 0.25) is 0 Å². The third-order valence-electron chi connectivity index (χ3n) is 2.27. The minimum Gasteiger partial charge on any atom is -0.465 e. The van der Waals surface area contributed by atoms with Gasteiger partial charge in [0.25, 0.3) is 0 Å². The van der Waals surface area contributed by atoms with Gasteiger partial charge in [-0.1, -0.05) is 0 Å². The Morgan fingerprint density at radius 3 is 2.21 bits per heavy atom. The van der Waals surface area contributed by atoms with E-state index in [-0.39, 0.29) is 5.54 Å². The van der Waals surface area contributed by atoms with Crippen LogP contribution < -0.4 is 5.73 Å². The van der Waals surface area contributed by atoms with Gasteiger partial charge >= 0.3 is 6.09 Å². The maximum Gasteiger partial charge on any atom is 0.407 e. The van der Waals surface area contributed by atoms with Gasteiger partial charge in [-0.3, -0.25) is 4.90 Å². The van der Waals surface area contributed by atoms with Crippen molar-refractivity contribution >= 4 is 6.09 Å². The van der Waals surface area contributed by atoms with Crippen molar-refractivity contribution in [2.45, 2.75) is 19.4 Å². The van der Waals surface area contributed by atoms with Crippen molar-refractivity contribution in [3.63, 3.8) is 0 Å². The van der Waals surface area contributed by atoms with Gasteiger partial charge in [-0.25, -0.2) is 4.79 Å². The Balaban J connectivity index is 2.33. The molecule has 0 aliphatic carbocycles. The smallest absolute Gasteiger partial charge is 0.407 e. The zero-order chi connectivity index (χ0) is 10.8. The van der Waals surface area contributed by atoms with E-state index in [1.165, 1.54) is 4.90 Å². The number of amides is 1. The number of hydrogen-bond acceptors (Lipinski definition) is 3. The number of carboxylic acid groups (broad SMARTS) is 1. The Bertz CT molecular complexity index is 205. The summed E-state index contributed by atoms with van der Waals surface area (Å²) in [7, 11) is 0. The second-order valence-corrected chi connectivity index (χ2v) is 4.53. The molecule has 0 radical (unpaired) electrons. The van der Waals surface area contributed by atoms with E-state index in [0.29, 0.717) is 13.1 Å². The first-order chi connectivity index (χ1) is 6.38. The van der Waals surface area contributed by atoms with E-state index < -0.39 is 6.09 Å². The lowest BCUT2D eigenvalue weighted by molar-refractivity contribution is 0.0978. The number of piperazine rings is 1. The molecule has 82 valence electrons. The van der Waals surface area contributed by atoms with E-state index in [0.717, 1.165) is 19.6 Å². The van der Waals surface area contributed by atoms with Gasteiger partial charge in [0.1, 0.15) is 0 Å². The molecule has 1 aliphatic rings. The molecule has 1 aliphatic heterocycles. The van der Waals surface area contributed by atoms with E-state index >= 15 is 0 Å². The van der Waals surface area contributed by atoms with E-state index in [1.54, 1.807) is 0 Å². The molecular weight excluding hydrogens is 182 g/mol. The molecule has 0 aromatic carbocycles. The minimum absolute atomic E-state index is 0.203. The average Bonchev–Trinajstić information content (AvgIpc) is 2.02. The van der Waals surface area contributed by atoms with Crippen LogP contribution in [0.5, 0.6) is 0 Å². The summed E-state index contributed by atoms with van der Waals surface area (Å²) < 4.78 is 0. The van der Waals surface area contributed by atoms with E-state index in [4.69, 9.17) is 10.8 Å². The first-order valence-electron chi connectivity index (χ1n) is 4.87. The highest BCUT2D eigenvalue weighted by molar-refractivity contribution is 5.65. The van der Waals surface area contributed by atoms with Crippen LogP contribution in [0, 0.1) is 0 Å². The second-order valence-electron chi connectivity index (χ2n) is 4.53. The molecular formula is C9H19N3O2. The lowest BCUT2D eigenvalue weighted by Gasteiger charge is -2.36. The zero-order valence-corrected chi connectivity index (χ0v) is 8.86. The normalized spacial score (nSPS) is 19.8. The van der Waals surface area contributed by atoms with Gasteiger partial charge in [-0.15, -0.1) is 0 Å². The topological polar surface area (TPSA) is 69.8 Å². The fraction of sp³-hybridized carbons (Fsp3) is 0.889. The molecule has 0 spiro atoms. The summed E-state index contributed by atoms with van der Waals surface area (Å²) in [6.45, 7) is 7.53. The molecule has 5 nitrogen and oxygen atoms in total. The van der Waals surface area contributed by atoms with Crippen LogP contribution in [-0.4, -0.2) is 59.3 Å². The molecule has 14 heavy (non-hydrogen) atoms. The van der Waals surface area contributed by atoms with Crippen molar-refractivity contribution < 1.29 is 9.90 Å².